The molecule has 0 heteroatoms. The van der Waals surface area contributed by atoms with Gasteiger partial charge in [-0.05, 0) is 45.2 Å². The summed E-state index contributed by atoms with van der Waals surface area (Å²) >= 11 is 0. The van der Waals surface area contributed by atoms with Gasteiger partial charge >= 0.3 is 0 Å². The van der Waals surface area contributed by atoms with Gasteiger partial charge in [0.25, 0.3) is 0 Å². The minimum absolute atomic E-state index is 0.569. The molecule has 0 heterocycles. The Morgan fingerprint density at radius 1 is 0.706 bits per heavy atom. The van der Waals surface area contributed by atoms with Crippen LogP contribution in [0.3, 0.4) is 0 Å². The molecule has 0 N–H and O–H groups in total. The smallest absolute Gasteiger partial charge is 0.0143 e. The van der Waals surface area contributed by atoms with Gasteiger partial charge in [-0.25, -0.2) is 0 Å². The SMILES string of the molecule is CC(C)c1cccc2cc3ccccc3cc12. The second-order valence-corrected chi connectivity index (χ2v) is 4.92. The van der Waals surface area contributed by atoms with Crippen molar-refractivity contribution < 1.29 is 0 Å². The molecule has 0 aliphatic carbocycles. The molecular formula is C17H16. The Morgan fingerprint density at radius 2 is 1.35 bits per heavy atom. The Kier molecular flexibility index (Phi) is 2.36. The summed E-state index contributed by atoms with van der Waals surface area (Å²) in [6.07, 6.45) is 0. The normalized spacial score (nSPS) is 11.5. The van der Waals surface area contributed by atoms with E-state index in [0.29, 0.717) is 5.92 Å². The molecule has 0 amide bonds. The molecule has 0 aromatic heterocycles. The number of hydrogen-bond donors (Lipinski definition) is 0. The van der Waals surface area contributed by atoms with E-state index >= 15 is 0 Å². The van der Waals surface area contributed by atoms with Crippen LogP contribution in [0, 0.1) is 0 Å². The zero-order valence-corrected chi connectivity index (χ0v) is 10.3. The summed E-state index contributed by atoms with van der Waals surface area (Å²) in [6.45, 7) is 4.51. The lowest BCUT2D eigenvalue weighted by Crippen LogP contribution is -1.89. The molecule has 0 nitrogen and oxygen atoms in total. The lowest BCUT2D eigenvalue weighted by Gasteiger charge is -2.11. The van der Waals surface area contributed by atoms with Crippen LogP contribution in [0.1, 0.15) is 25.3 Å². The Bertz CT molecular complexity index is 678. The Hall–Kier alpha value is -1.82. The zero-order chi connectivity index (χ0) is 11.8. The van der Waals surface area contributed by atoms with Crippen molar-refractivity contribution in [2.45, 2.75) is 19.8 Å². The summed E-state index contributed by atoms with van der Waals surface area (Å²) in [7, 11) is 0. The van der Waals surface area contributed by atoms with Crippen molar-refractivity contribution in [3.8, 4) is 0 Å². The maximum absolute atomic E-state index is 2.32. The average Bonchev–Trinajstić information content (AvgIpc) is 2.35. The van der Waals surface area contributed by atoms with E-state index < -0.39 is 0 Å². The van der Waals surface area contributed by atoms with Crippen LogP contribution in [0.2, 0.25) is 0 Å². The molecule has 3 aromatic rings. The van der Waals surface area contributed by atoms with Gasteiger partial charge in [0.05, 0.1) is 0 Å². The highest BCUT2D eigenvalue weighted by Gasteiger charge is 2.05. The van der Waals surface area contributed by atoms with E-state index in [1.165, 1.54) is 27.1 Å². The van der Waals surface area contributed by atoms with Crippen LogP contribution in [0.4, 0.5) is 0 Å². The highest BCUT2D eigenvalue weighted by Crippen LogP contribution is 2.29. The molecule has 0 fully saturated rings. The second-order valence-electron chi connectivity index (χ2n) is 4.92. The highest BCUT2D eigenvalue weighted by atomic mass is 14.1. The molecule has 0 spiro atoms. The topological polar surface area (TPSA) is 0 Å². The van der Waals surface area contributed by atoms with Crippen LogP contribution in [0.25, 0.3) is 21.5 Å². The third-order valence-electron chi connectivity index (χ3n) is 3.40. The molecule has 17 heavy (non-hydrogen) atoms. The molecule has 0 aliphatic heterocycles. The summed E-state index contributed by atoms with van der Waals surface area (Å²) in [5, 5.41) is 5.38. The monoisotopic (exact) mass is 220 g/mol. The van der Waals surface area contributed by atoms with Gasteiger partial charge in [-0.1, -0.05) is 56.3 Å². The largest absolute Gasteiger partial charge is 0.0616 e. The molecule has 0 saturated carbocycles. The molecule has 0 saturated heterocycles. The zero-order valence-electron chi connectivity index (χ0n) is 10.3. The van der Waals surface area contributed by atoms with Crippen LogP contribution in [0.5, 0.6) is 0 Å². The fourth-order valence-electron chi connectivity index (χ4n) is 2.49. The van der Waals surface area contributed by atoms with Crippen LogP contribution in [-0.4, -0.2) is 0 Å². The lowest BCUT2D eigenvalue weighted by atomic mass is 9.94. The average molecular weight is 220 g/mol. The summed E-state index contributed by atoms with van der Waals surface area (Å²) < 4.78 is 0. The quantitative estimate of drug-likeness (QED) is 0.499. The van der Waals surface area contributed by atoms with E-state index in [9.17, 15) is 0 Å². The van der Waals surface area contributed by atoms with Crippen LogP contribution >= 0.6 is 0 Å². The van der Waals surface area contributed by atoms with Gasteiger partial charge in [-0.2, -0.15) is 0 Å². The van der Waals surface area contributed by atoms with E-state index in [0.717, 1.165) is 0 Å². The number of fused-ring (bicyclic) bond motifs is 2. The number of benzene rings is 3. The van der Waals surface area contributed by atoms with Crippen LogP contribution in [-0.2, 0) is 0 Å². The van der Waals surface area contributed by atoms with Gasteiger partial charge in [0.2, 0.25) is 0 Å². The minimum Gasteiger partial charge on any atom is -0.0616 e. The molecule has 0 atom stereocenters. The maximum atomic E-state index is 2.32. The van der Waals surface area contributed by atoms with E-state index in [4.69, 9.17) is 0 Å². The third-order valence-corrected chi connectivity index (χ3v) is 3.40. The minimum atomic E-state index is 0.569. The van der Waals surface area contributed by atoms with Crippen molar-refractivity contribution in [1.29, 1.82) is 0 Å². The van der Waals surface area contributed by atoms with Crippen molar-refractivity contribution in [2.24, 2.45) is 0 Å². The van der Waals surface area contributed by atoms with Gasteiger partial charge in [-0.3, -0.25) is 0 Å². The van der Waals surface area contributed by atoms with Crippen LogP contribution < -0.4 is 0 Å². The highest BCUT2D eigenvalue weighted by molar-refractivity contribution is 5.99. The molecular weight excluding hydrogens is 204 g/mol. The van der Waals surface area contributed by atoms with E-state index in [-0.39, 0.29) is 0 Å². The van der Waals surface area contributed by atoms with Crippen molar-refractivity contribution in [3.63, 3.8) is 0 Å². The molecule has 0 bridgehead atoms. The molecule has 0 unspecified atom stereocenters. The van der Waals surface area contributed by atoms with E-state index in [1.54, 1.807) is 0 Å². The van der Waals surface area contributed by atoms with Crippen LogP contribution in [0.15, 0.2) is 54.6 Å². The first kappa shape index (κ1) is 10.3. The van der Waals surface area contributed by atoms with Crippen molar-refractivity contribution >= 4 is 21.5 Å². The van der Waals surface area contributed by atoms with Gasteiger partial charge in [0.15, 0.2) is 0 Å². The Labute approximate surface area is 102 Å². The number of rotatable bonds is 1. The fourth-order valence-corrected chi connectivity index (χ4v) is 2.49. The van der Waals surface area contributed by atoms with E-state index in [1.807, 2.05) is 0 Å². The summed E-state index contributed by atoms with van der Waals surface area (Å²) in [6, 6.07) is 19.8. The van der Waals surface area contributed by atoms with Crippen molar-refractivity contribution in [1.82, 2.24) is 0 Å². The molecule has 3 rings (SSSR count). The molecule has 84 valence electrons. The first-order valence-electron chi connectivity index (χ1n) is 6.17. The Balaban J connectivity index is 2.43. The van der Waals surface area contributed by atoms with Gasteiger partial charge in [-0.15, -0.1) is 0 Å². The maximum Gasteiger partial charge on any atom is -0.0143 e. The first-order valence-corrected chi connectivity index (χ1v) is 6.17. The van der Waals surface area contributed by atoms with Gasteiger partial charge < -0.3 is 0 Å². The summed E-state index contributed by atoms with van der Waals surface area (Å²) in [5.74, 6) is 0.569. The number of hydrogen-bond acceptors (Lipinski definition) is 0. The van der Waals surface area contributed by atoms with E-state index in [2.05, 4.69) is 68.4 Å². The molecule has 0 radical (unpaired) electrons. The predicted molar refractivity (Wildman–Crippen MR) is 75.5 cm³/mol. The molecule has 0 aliphatic rings. The third kappa shape index (κ3) is 1.70. The van der Waals surface area contributed by atoms with Crippen molar-refractivity contribution in [3.05, 3.63) is 60.2 Å². The Morgan fingerprint density at radius 3 is 2.06 bits per heavy atom. The van der Waals surface area contributed by atoms with Crippen molar-refractivity contribution in [2.75, 3.05) is 0 Å². The molecule has 3 aromatic carbocycles. The standard InChI is InChI=1S/C17H16/c1-12(2)16-9-5-8-15-10-13-6-3-4-7-14(13)11-17(15)16/h3-12H,1-2H3. The fraction of sp³-hybridized carbons (Fsp3) is 0.176. The van der Waals surface area contributed by atoms with Gasteiger partial charge in [0.1, 0.15) is 0 Å². The summed E-state index contributed by atoms with van der Waals surface area (Å²) in [4.78, 5) is 0. The second kappa shape index (κ2) is 3.89. The predicted octanol–water partition coefficient (Wildman–Crippen LogP) is 5.12. The summed E-state index contributed by atoms with van der Waals surface area (Å²) in [5.41, 5.74) is 1.44. The first-order chi connectivity index (χ1) is 8.25. The van der Waals surface area contributed by atoms with Gasteiger partial charge in [0, 0.05) is 0 Å². The lowest BCUT2D eigenvalue weighted by molar-refractivity contribution is 0.876.